The van der Waals surface area contributed by atoms with Crippen molar-refractivity contribution in [2.45, 2.75) is 39.3 Å². The van der Waals surface area contributed by atoms with Gasteiger partial charge in [-0.25, -0.2) is 0 Å². The fourth-order valence-electron chi connectivity index (χ4n) is 2.66. The van der Waals surface area contributed by atoms with Gasteiger partial charge in [0.2, 0.25) is 0 Å². The number of hydrogen-bond donors (Lipinski definition) is 1. The van der Waals surface area contributed by atoms with Gasteiger partial charge < -0.3 is 5.32 Å². The zero-order valence-corrected chi connectivity index (χ0v) is 13.9. The lowest BCUT2D eigenvalue weighted by Gasteiger charge is -2.33. The average molecular weight is 292 g/mol. The Morgan fingerprint density at radius 2 is 2.10 bits per heavy atom. The van der Waals surface area contributed by atoms with E-state index < -0.39 is 0 Å². The Kier molecular flexibility index (Phi) is 6.40. The van der Waals surface area contributed by atoms with Crippen molar-refractivity contribution in [1.29, 1.82) is 0 Å². The largest absolute Gasteiger partial charge is 0.316 e. The standard InChI is InChI=1S/C17H28N2S/c1-4-18-11-14(2)17-7-5-16(6-8-17)12-19-9-10-20-13-15(19)3/h5-8,14-15,18H,4,9-13H2,1-3H3. The average Bonchev–Trinajstić information content (AvgIpc) is 2.48. The summed E-state index contributed by atoms with van der Waals surface area (Å²) in [6.45, 7) is 11.2. The monoisotopic (exact) mass is 292 g/mol. The molecule has 0 aliphatic carbocycles. The van der Waals surface area contributed by atoms with Crippen molar-refractivity contribution in [2.24, 2.45) is 0 Å². The molecule has 1 heterocycles. The Morgan fingerprint density at radius 1 is 1.35 bits per heavy atom. The molecule has 0 bridgehead atoms. The fraction of sp³-hybridized carbons (Fsp3) is 0.647. The zero-order chi connectivity index (χ0) is 14.4. The molecule has 2 nitrogen and oxygen atoms in total. The van der Waals surface area contributed by atoms with E-state index in [-0.39, 0.29) is 0 Å². The van der Waals surface area contributed by atoms with E-state index in [2.05, 4.69) is 67.0 Å². The third kappa shape index (κ3) is 4.51. The van der Waals surface area contributed by atoms with Gasteiger partial charge in [-0.3, -0.25) is 4.90 Å². The lowest BCUT2D eigenvalue weighted by Crippen LogP contribution is -2.39. The van der Waals surface area contributed by atoms with Crippen LogP contribution >= 0.6 is 11.8 Å². The van der Waals surface area contributed by atoms with Crippen LogP contribution in [0.15, 0.2) is 24.3 Å². The third-order valence-corrected chi connectivity index (χ3v) is 5.33. The number of rotatable bonds is 6. The minimum atomic E-state index is 0.592. The molecule has 0 amide bonds. The maximum absolute atomic E-state index is 3.42. The van der Waals surface area contributed by atoms with E-state index in [1.54, 1.807) is 0 Å². The molecule has 1 aliphatic heterocycles. The van der Waals surface area contributed by atoms with E-state index in [1.165, 1.54) is 29.2 Å². The third-order valence-electron chi connectivity index (χ3n) is 4.14. The van der Waals surface area contributed by atoms with Crippen molar-refractivity contribution >= 4 is 11.8 Å². The highest BCUT2D eigenvalue weighted by Gasteiger charge is 2.18. The predicted molar refractivity (Wildman–Crippen MR) is 90.6 cm³/mol. The van der Waals surface area contributed by atoms with Gasteiger partial charge in [-0.05, 0) is 30.5 Å². The number of benzene rings is 1. The highest BCUT2D eigenvalue weighted by molar-refractivity contribution is 7.99. The molecule has 1 aliphatic rings. The summed E-state index contributed by atoms with van der Waals surface area (Å²) in [5, 5.41) is 3.42. The molecule has 1 saturated heterocycles. The van der Waals surface area contributed by atoms with Crippen molar-refractivity contribution in [2.75, 3.05) is 31.1 Å². The van der Waals surface area contributed by atoms with Gasteiger partial charge in [-0.1, -0.05) is 38.1 Å². The maximum atomic E-state index is 3.42. The lowest BCUT2D eigenvalue weighted by molar-refractivity contribution is 0.224. The Balaban J connectivity index is 1.90. The molecule has 0 aromatic heterocycles. The normalized spacial score (nSPS) is 21.9. The van der Waals surface area contributed by atoms with Crippen LogP contribution in [-0.4, -0.2) is 42.1 Å². The zero-order valence-electron chi connectivity index (χ0n) is 13.1. The second-order valence-corrected chi connectivity index (χ2v) is 6.99. The second-order valence-electron chi connectivity index (χ2n) is 5.84. The highest BCUT2D eigenvalue weighted by Crippen LogP contribution is 2.20. The molecule has 0 spiro atoms. The van der Waals surface area contributed by atoms with Gasteiger partial charge in [0.05, 0.1) is 0 Å². The molecule has 0 radical (unpaired) electrons. The quantitative estimate of drug-likeness (QED) is 0.866. The van der Waals surface area contributed by atoms with E-state index in [1.807, 2.05) is 0 Å². The summed E-state index contributed by atoms with van der Waals surface area (Å²) >= 11 is 2.08. The van der Waals surface area contributed by atoms with Gasteiger partial charge in [0.15, 0.2) is 0 Å². The van der Waals surface area contributed by atoms with Crippen molar-refractivity contribution in [1.82, 2.24) is 10.2 Å². The van der Waals surface area contributed by atoms with E-state index in [4.69, 9.17) is 0 Å². The number of nitrogens with one attached hydrogen (secondary N) is 1. The second kappa shape index (κ2) is 8.06. The van der Waals surface area contributed by atoms with Crippen LogP contribution in [0.1, 0.15) is 37.8 Å². The van der Waals surface area contributed by atoms with Crippen molar-refractivity contribution < 1.29 is 0 Å². The SMILES string of the molecule is CCNCC(C)c1ccc(CN2CCSCC2C)cc1. The van der Waals surface area contributed by atoms with Crippen LogP contribution in [-0.2, 0) is 6.54 Å². The molecule has 2 unspecified atom stereocenters. The van der Waals surface area contributed by atoms with Gasteiger partial charge >= 0.3 is 0 Å². The van der Waals surface area contributed by atoms with Gasteiger partial charge in [0.1, 0.15) is 0 Å². The molecule has 1 fully saturated rings. The summed E-state index contributed by atoms with van der Waals surface area (Å²) in [5.41, 5.74) is 2.89. The topological polar surface area (TPSA) is 15.3 Å². The first-order valence-corrected chi connectivity index (χ1v) is 8.97. The lowest BCUT2D eigenvalue weighted by atomic mass is 9.99. The van der Waals surface area contributed by atoms with Gasteiger partial charge in [0.25, 0.3) is 0 Å². The summed E-state index contributed by atoms with van der Waals surface area (Å²) in [6.07, 6.45) is 0. The van der Waals surface area contributed by atoms with E-state index >= 15 is 0 Å². The number of nitrogens with zero attached hydrogens (tertiary/aromatic N) is 1. The molecular weight excluding hydrogens is 264 g/mol. The summed E-state index contributed by atoms with van der Waals surface area (Å²) < 4.78 is 0. The van der Waals surface area contributed by atoms with E-state index in [0.29, 0.717) is 12.0 Å². The first kappa shape index (κ1) is 15.9. The van der Waals surface area contributed by atoms with Crippen LogP contribution in [0.4, 0.5) is 0 Å². The maximum Gasteiger partial charge on any atom is 0.0237 e. The predicted octanol–water partition coefficient (Wildman–Crippen LogP) is 3.34. The Bertz CT molecular complexity index is 390. The van der Waals surface area contributed by atoms with Crippen LogP contribution in [0.2, 0.25) is 0 Å². The van der Waals surface area contributed by atoms with E-state index in [0.717, 1.165) is 19.6 Å². The van der Waals surface area contributed by atoms with Crippen molar-refractivity contribution in [3.63, 3.8) is 0 Å². The van der Waals surface area contributed by atoms with Crippen LogP contribution in [0.5, 0.6) is 0 Å². The number of likely N-dealkylation sites (N-methyl/N-ethyl adjacent to an activating group) is 1. The first-order valence-electron chi connectivity index (χ1n) is 7.82. The van der Waals surface area contributed by atoms with Crippen LogP contribution in [0, 0.1) is 0 Å². The first-order chi connectivity index (χ1) is 9.70. The highest BCUT2D eigenvalue weighted by atomic mass is 32.2. The molecule has 1 N–H and O–H groups in total. The molecule has 2 atom stereocenters. The molecule has 112 valence electrons. The summed E-state index contributed by atoms with van der Waals surface area (Å²) in [4.78, 5) is 2.60. The van der Waals surface area contributed by atoms with Crippen molar-refractivity contribution in [3.05, 3.63) is 35.4 Å². The molecule has 0 saturated carbocycles. The van der Waals surface area contributed by atoms with Gasteiger partial charge in [0, 0.05) is 37.2 Å². The molecular formula is C17H28N2S. The Hall–Kier alpha value is -0.510. The minimum Gasteiger partial charge on any atom is -0.316 e. The number of hydrogen-bond acceptors (Lipinski definition) is 3. The molecule has 1 aromatic rings. The Morgan fingerprint density at radius 3 is 2.75 bits per heavy atom. The summed E-state index contributed by atoms with van der Waals surface area (Å²) in [7, 11) is 0. The minimum absolute atomic E-state index is 0.592. The fourth-order valence-corrected chi connectivity index (χ4v) is 3.74. The van der Waals surface area contributed by atoms with Gasteiger partial charge in [-0.2, -0.15) is 11.8 Å². The molecule has 1 aromatic carbocycles. The van der Waals surface area contributed by atoms with Crippen LogP contribution in [0.3, 0.4) is 0 Å². The smallest absolute Gasteiger partial charge is 0.0237 e. The van der Waals surface area contributed by atoms with Crippen molar-refractivity contribution in [3.8, 4) is 0 Å². The molecule has 2 rings (SSSR count). The van der Waals surface area contributed by atoms with E-state index in [9.17, 15) is 0 Å². The Labute approximate surface area is 128 Å². The molecule has 20 heavy (non-hydrogen) atoms. The summed E-state index contributed by atoms with van der Waals surface area (Å²) in [5.74, 6) is 3.15. The molecule has 3 heteroatoms. The van der Waals surface area contributed by atoms with Gasteiger partial charge in [-0.15, -0.1) is 0 Å². The van der Waals surface area contributed by atoms with Crippen LogP contribution < -0.4 is 5.32 Å². The summed E-state index contributed by atoms with van der Waals surface area (Å²) in [6, 6.07) is 9.95. The van der Waals surface area contributed by atoms with Crippen LogP contribution in [0.25, 0.3) is 0 Å². The number of thioether (sulfide) groups is 1.